The molecule has 0 unspecified atom stereocenters. The molecule has 0 aliphatic carbocycles. The molecule has 1 aromatic carbocycles. The second-order valence-electron chi connectivity index (χ2n) is 4.40. The quantitative estimate of drug-likeness (QED) is 0.891. The number of aromatic nitrogens is 2. The second kappa shape index (κ2) is 5.56. The number of carboxylic acids is 1. The van der Waals surface area contributed by atoms with E-state index in [1.807, 2.05) is 6.92 Å². The van der Waals surface area contributed by atoms with Gasteiger partial charge in [-0.25, -0.2) is 9.59 Å². The Morgan fingerprint density at radius 3 is 2.37 bits per heavy atom. The molecule has 0 aliphatic heterocycles. The molecule has 5 heteroatoms. The third-order valence-corrected chi connectivity index (χ3v) is 2.94. The molecule has 0 saturated heterocycles. The van der Waals surface area contributed by atoms with E-state index < -0.39 is 5.97 Å². The van der Waals surface area contributed by atoms with E-state index in [0.29, 0.717) is 13.1 Å². The standard InChI is InChI=1S/C14H16N2O3/c1-2-7-15-8-9-16(14(15)19)10-11-3-5-12(6-4-11)13(17)18/h3-6,8-9H,2,7,10H2,1H3,(H,17,18). The highest BCUT2D eigenvalue weighted by Gasteiger charge is 2.05. The third-order valence-electron chi connectivity index (χ3n) is 2.94. The van der Waals surface area contributed by atoms with Gasteiger partial charge in [-0.05, 0) is 24.1 Å². The van der Waals surface area contributed by atoms with Crippen molar-refractivity contribution in [2.45, 2.75) is 26.4 Å². The van der Waals surface area contributed by atoms with Gasteiger partial charge in [0.15, 0.2) is 0 Å². The van der Waals surface area contributed by atoms with Gasteiger partial charge >= 0.3 is 11.7 Å². The highest BCUT2D eigenvalue weighted by molar-refractivity contribution is 5.87. The second-order valence-corrected chi connectivity index (χ2v) is 4.40. The predicted molar refractivity (Wildman–Crippen MR) is 71.5 cm³/mol. The van der Waals surface area contributed by atoms with E-state index in [1.165, 1.54) is 0 Å². The van der Waals surface area contributed by atoms with Crippen LogP contribution in [-0.2, 0) is 13.1 Å². The first kappa shape index (κ1) is 13.1. The first-order valence-corrected chi connectivity index (χ1v) is 6.19. The number of nitrogens with zero attached hydrogens (tertiary/aromatic N) is 2. The Balaban J connectivity index is 2.17. The number of aromatic carboxylic acids is 1. The summed E-state index contributed by atoms with van der Waals surface area (Å²) in [6.07, 6.45) is 4.44. The molecule has 0 saturated carbocycles. The molecule has 0 atom stereocenters. The third kappa shape index (κ3) is 2.93. The van der Waals surface area contributed by atoms with E-state index in [1.54, 1.807) is 45.8 Å². The van der Waals surface area contributed by atoms with Crippen molar-refractivity contribution in [2.24, 2.45) is 0 Å². The molecule has 2 aromatic rings. The average Bonchev–Trinajstić information content (AvgIpc) is 2.73. The molecule has 0 amide bonds. The molecule has 100 valence electrons. The predicted octanol–water partition coefficient (Wildman–Crippen LogP) is 1.81. The lowest BCUT2D eigenvalue weighted by Crippen LogP contribution is -2.24. The van der Waals surface area contributed by atoms with E-state index in [2.05, 4.69) is 0 Å². The summed E-state index contributed by atoms with van der Waals surface area (Å²) in [7, 11) is 0. The molecule has 0 fully saturated rings. The van der Waals surface area contributed by atoms with Crippen molar-refractivity contribution in [3.63, 3.8) is 0 Å². The van der Waals surface area contributed by atoms with Crippen molar-refractivity contribution in [1.82, 2.24) is 9.13 Å². The summed E-state index contributed by atoms with van der Waals surface area (Å²) in [5.74, 6) is -0.946. The van der Waals surface area contributed by atoms with Crippen LogP contribution in [0.4, 0.5) is 0 Å². The zero-order chi connectivity index (χ0) is 13.8. The van der Waals surface area contributed by atoms with Crippen LogP contribution in [0.15, 0.2) is 41.5 Å². The molecule has 2 rings (SSSR count). The number of rotatable bonds is 5. The van der Waals surface area contributed by atoms with E-state index in [-0.39, 0.29) is 11.3 Å². The number of benzene rings is 1. The van der Waals surface area contributed by atoms with Crippen molar-refractivity contribution in [3.05, 3.63) is 58.3 Å². The number of carbonyl (C=O) groups is 1. The normalized spacial score (nSPS) is 10.6. The lowest BCUT2D eigenvalue weighted by atomic mass is 10.1. The fourth-order valence-electron chi connectivity index (χ4n) is 1.93. The van der Waals surface area contributed by atoms with E-state index in [0.717, 1.165) is 12.0 Å². The van der Waals surface area contributed by atoms with Gasteiger partial charge < -0.3 is 5.11 Å². The molecule has 1 aromatic heterocycles. The molecule has 1 N–H and O–H groups in total. The number of hydrogen-bond acceptors (Lipinski definition) is 2. The van der Waals surface area contributed by atoms with Crippen molar-refractivity contribution in [3.8, 4) is 0 Å². The number of hydrogen-bond donors (Lipinski definition) is 1. The van der Waals surface area contributed by atoms with Crippen molar-refractivity contribution in [2.75, 3.05) is 0 Å². The Morgan fingerprint density at radius 2 is 1.79 bits per heavy atom. The minimum atomic E-state index is -0.946. The lowest BCUT2D eigenvalue weighted by Gasteiger charge is -2.03. The highest BCUT2D eigenvalue weighted by atomic mass is 16.4. The monoisotopic (exact) mass is 260 g/mol. The largest absolute Gasteiger partial charge is 0.478 e. The van der Waals surface area contributed by atoms with Gasteiger partial charge in [-0.3, -0.25) is 9.13 Å². The molecule has 0 radical (unpaired) electrons. The average molecular weight is 260 g/mol. The summed E-state index contributed by atoms with van der Waals surface area (Å²) in [6.45, 7) is 3.19. The van der Waals surface area contributed by atoms with Crippen molar-refractivity contribution >= 4 is 5.97 Å². The van der Waals surface area contributed by atoms with Gasteiger partial charge in [0.2, 0.25) is 0 Å². The van der Waals surface area contributed by atoms with Crippen LogP contribution in [0.1, 0.15) is 29.3 Å². The Kier molecular flexibility index (Phi) is 3.85. The lowest BCUT2D eigenvalue weighted by molar-refractivity contribution is 0.0697. The van der Waals surface area contributed by atoms with Gasteiger partial charge in [-0.1, -0.05) is 19.1 Å². The SMILES string of the molecule is CCCn1ccn(Cc2ccc(C(=O)O)cc2)c1=O. The summed E-state index contributed by atoms with van der Waals surface area (Å²) in [4.78, 5) is 22.7. The van der Waals surface area contributed by atoms with Crippen LogP contribution in [-0.4, -0.2) is 20.2 Å². The molecular formula is C14H16N2O3. The Labute approximate surface area is 110 Å². The smallest absolute Gasteiger partial charge is 0.335 e. The van der Waals surface area contributed by atoms with Crippen molar-refractivity contribution < 1.29 is 9.90 Å². The number of carboxylic acid groups (broad SMARTS) is 1. The van der Waals surface area contributed by atoms with Crippen LogP contribution in [0.5, 0.6) is 0 Å². The van der Waals surface area contributed by atoms with Gasteiger partial charge in [0.05, 0.1) is 12.1 Å². The summed E-state index contributed by atoms with van der Waals surface area (Å²) in [5, 5.41) is 8.81. The van der Waals surface area contributed by atoms with Crippen LogP contribution in [0, 0.1) is 0 Å². The van der Waals surface area contributed by atoms with Gasteiger partial charge in [0, 0.05) is 18.9 Å². The van der Waals surface area contributed by atoms with Crippen LogP contribution >= 0.6 is 0 Å². The van der Waals surface area contributed by atoms with Crippen LogP contribution in [0.3, 0.4) is 0 Å². The molecular weight excluding hydrogens is 244 g/mol. The summed E-state index contributed by atoms with van der Waals surface area (Å²) in [6, 6.07) is 6.55. The Bertz CT molecular complexity index is 623. The molecule has 0 aliphatic rings. The highest BCUT2D eigenvalue weighted by Crippen LogP contribution is 2.05. The van der Waals surface area contributed by atoms with E-state index in [9.17, 15) is 9.59 Å². The number of imidazole rings is 1. The zero-order valence-electron chi connectivity index (χ0n) is 10.7. The minimum absolute atomic E-state index is 0.0378. The zero-order valence-corrected chi connectivity index (χ0v) is 10.7. The summed E-state index contributed by atoms with van der Waals surface area (Å²) >= 11 is 0. The summed E-state index contributed by atoms with van der Waals surface area (Å²) < 4.78 is 3.29. The van der Waals surface area contributed by atoms with Gasteiger partial charge in [0.25, 0.3) is 0 Å². The maximum absolute atomic E-state index is 12.0. The minimum Gasteiger partial charge on any atom is -0.478 e. The molecule has 5 nitrogen and oxygen atoms in total. The fraction of sp³-hybridized carbons (Fsp3) is 0.286. The van der Waals surface area contributed by atoms with Crippen LogP contribution in [0.25, 0.3) is 0 Å². The fourth-order valence-corrected chi connectivity index (χ4v) is 1.93. The first-order chi connectivity index (χ1) is 9.11. The van der Waals surface area contributed by atoms with Gasteiger partial charge in [0.1, 0.15) is 0 Å². The van der Waals surface area contributed by atoms with E-state index >= 15 is 0 Å². The Hall–Kier alpha value is -2.30. The maximum atomic E-state index is 12.0. The Morgan fingerprint density at radius 1 is 1.16 bits per heavy atom. The van der Waals surface area contributed by atoms with E-state index in [4.69, 9.17) is 5.11 Å². The van der Waals surface area contributed by atoms with Crippen LogP contribution < -0.4 is 5.69 Å². The topological polar surface area (TPSA) is 64.2 Å². The number of aryl methyl sites for hydroxylation is 1. The summed E-state index contributed by atoms with van der Waals surface area (Å²) in [5.41, 5.74) is 1.12. The van der Waals surface area contributed by atoms with Crippen molar-refractivity contribution in [1.29, 1.82) is 0 Å². The van der Waals surface area contributed by atoms with Gasteiger partial charge in [-0.15, -0.1) is 0 Å². The molecule has 19 heavy (non-hydrogen) atoms. The molecule has 0 bridgehead atoms. The first-order valence-electron chi connectivity index (χ1n) is 6.19. The van der Waals surface area contributed by atoms with Gasteiger partial charge in [-0.2, -0.15) is 0 Å². The van der Waals surface area contributed by atoms with Crippen LogP contribution in [0.2, 0.25) is 0 Å². The maximum Gasteiger partial charge on any atom is 0.335 e. The molecule has 1 heterocycles. The molecule has 0 spiro atoms.